The lowest BCUT2D eigenvalue weighted by Crippen LogP contribution is -2.32. The quantitative estimate of drug-likeness (QED) is 0.0553. The molecule has 2 atom stereocenters. The van der Waals surface area contributed by atoms with Crippen LogP contribution in [0.4, 0.5) is 28.9 Å². The van der Waals surface area contributed by atoms with Crippen LogP contribution in [0.5, 0.6) is 11.8 Å². The van der Waals surface area contributed by atoms with E-state index in [9.17, 15) is 53.6 Å². The van der Waals surface area contributed by atoms with Crippen LogP contribution < -0.4 is 40.7 Å². The Bertz CT molecular complexity index is 3790. The van der Waals surface area contributed by atoms with Crippen LogP contribution in [-0.4, -0.2) is 86.0 Å². The summed E-state index contributed by atoms with van der Waals surface area (Å²) in [5.41, 5.74) is 1.57. The van der Waals surface area contributed by atoms with Crippen LogP contribution in [0.3, 0.4) is 0 Å². The Labute approximate surface area is 451 Å². The summed E-state index contributed by atoms with van der Waals surface area (Å²) in [5, 5.41) is 4.46. The SMILES string of the molecule is CNC(=O)[C@@H](C)Cn1cnc2ccc(-c3cnc(OC)c(NS(=O)(=O)c4cc(Cl)c(F)cc4F)c3)cc2c1=O.CNC(=O)[C@H](C)Cn1cnc2ccc(-c3cnc(OC)c(NS(=O)(=O)c4cc(Cl)c(F)cc4F)c3)cc2c1=O. The average Bonchev–Trinajstić information content (AvgIpc) is 3.48. The van der Waals surface area contributed by atoms with Gasteiger partial charge in [0.2, 0.25) is 23.6 Å². The Morgan fingerprint density at radius 1 is 0.564 bits per heavy atom. The second-order valence-electron chi connectivity index (χ2n) is 17.1. The first-order chi connectivity index (χ1) is 36.9. The van der Waals surface area contributed by atoms with Crippen LogP contribution >= 0.6 is 23.2 Å². The number of pyridine rings is 2. The van der Waals surface area contributed by atoms with Crippen molar-refractivity contribution in [1.29, 1.82) is 0 Å². The van der Waals surface area contributed by atoms with E-state index in [1.807, 2.05) is 0 Å². The highest BCUT2D eigenvalue weighted by Gasteiger charge is 2.26. The number of fused-ring (bicyclic) bond motifs is 2. The van der Waals surface area contributed by atoms with E-state index in [4.69, 9.17) is 32.7 Å². The molecule has 0 aliphatic carbocycles. The van der Waals surface area contributed by atoms with Crippen LogP contribution in [0.25, 0.3) is 44.1 Å². The second kappa shape index (κ2) is 23.6. The van der Waals surface area contributed by atoms with E-state index in [1.165, 1.54) is 74.6 Å². The Balaban J connectivity index is 0.000000226. The number of hydrogen-bond acceptors (Lipinski definition) is 14. The molecule has 4 heterocycles. The topological polar surface area (TPSA) is 265 Å². The van der Waals surface area contributed by atoms with Crippen LogP contribution in [-0.2, 0) is 42.7 Å². The van der Waals surface area contributed by atoms with Crippen molar-refractivity contribution >= 4 is 88.2 Å². The van der Waals surface area contributed by atoms with Gasteiger partial charge in [0.1, 0.15) is 44.4 Å². The number of ether oxygens (including phenoxy) is 2. The van der Waals surface area contributed by atoms with Crippen molar-refractivity contribution in [2.45, 2.75) is 36.7 Å². The van der Waals surface area contributed by atoms with Crippen LogP contribution in [0.15, 0.2) is 117 Å². The van der Waals surface area contributed by atoms with E-state index < -0.39 is 75.0 Å². The first-order valence-electron chi connectivity index (χ1n) is 22.7. The van der Waals surface area contributed by atoms with Gasteiger partial charge >= 0.3 is 0 Å². The van der Waals surface area contributed by atoms with Crippen LogP contribution in [0, 0.1) is 35.1 Å². The normalized spacial score (nSPS) is 12.3. The minimum Gasteiger partial charge on any atom is -0.480 e. The van der Waals surface area contributed by atoms with E-state index in [2.05, 4.69) is 40.0 Å². The lowest BCUT2D eigenvalue weighted by Gasteiger charge is -2.14. The molecule has 4 N–H and O–H groups in total. The van der Waals surface area contributed by atoms with Gasteiger partial charge in [-0.25, -0.2) is 54.3 Å². The summed E-state index contributed by atoms with van der Waals surface area (Å²) in [6.45, 7) is 3.60. The number of halogens is 6. The number of nitrogens with zero attached hydrogens (tertiary/aromatic N) is 6. The van der Waals surface area contributed by atoms with Gasteiger partial charge in [-0.15, -0.1) is 0 Å². The smallest absolute Gasteiger partial charge is 0.265 e. The molecule has 4 aromatic carbocycles. The largest absolute Gasteiger partial charge is 0.480 e. The van der Waals surface area contributed by atoms with Gasteiger partial charge in [-0.3, -0.25) is 37.8 Å². The molecule has 0 saturated carbocycles. The van der Waals surface area contributed by atoms with E-state index in [0.717, 1.165) is 0 Å². The molecule has 2 amide bonds. The summed E-state index contributed by atoms with van der Waals surface area (Å²) >= 11 is 11.3. The van der Waals surface area contributed by atoms with Crippen LogP contribution in [0.1, 0.15) is 13.8 Å². The number of rotatable bonds is 16. The second-order valence-corrected chi connectivity index (χ2v) is 21.2. The number of carbonyl (C=O) groups excluding carboxylic acids is 2. The van der Waals surface area contributed by atoms with Crippen molar-refractivity contribution in [3.63, 3.8) is 0 Å². The van der Waals surface area contributed by atoms with Gasteiger partial charge in [0.05, 0.1) is 70.6 Å². The molecule has 0 unspecified atom stereocenters. The van der Waals surface area contributed by atoms with Crippen LogP contribution in [0.2, 0.25) is 10.0 Å². The first kappa shape index (κ1) is 57.5. The minimum absolute atomic E-state index is 0.117. The Kier molecular flexibility index (Phi) is 17.4. The Hall–Kier alpha value is -8.20. The standard InChI is InChI=1S/2C25H22ClF2N5O5S/c2*1-13(23(34)29-2)11-33-12-31-20-5-4-14(6-16(20)25(33)35)15-7-21(24(38-3)30-10-15)32-39(36,37)22-8-17(26)18(27)9-19(22)28/h2*4-10,12-13,32H,11H2,1-3H3,(H,29,34)/t2*13-/m10/s1. The molecule has 0 aliphatic heterocycles. The van der Waals surface area contributed by atoms with Crippen molar-refractivity contribution in [2.75, 3.05) is 37.8 Å². The molecular weight excluding hydrogens is 1110 g/mol. The number of hydrogen-bond donors (Lipinski definition) is 4. The van der Waals surface area contributed by atoms with Gasteiger partial charge in [-0.2, -0.15) is 0 Å². The molecule has 0 spiro atoms. The van der Waals surface area contributed by atoms with E-state index >= 15 is 0 Å². The molecule has 0 fully saturated rings. The van der Waals surface area contributed by atoms with Crippen molar-refractivity contribution in [3.8, 4) is 34.0 Å². The van der Waals surface area contributed by atoms with Crippen molar-refractivity contribution < 1.29 is 53.5 Å². The average molecular weight is 1160 g/mol. The number of benzene rings is 4. The lowest BCUT2D eigenvalue weighted by atomic mass is 10.0. The van der Waals surface area contributed by atoms with E-state index in [0.29, 0.717) is 57.6 Å². The number of methoxy groups -OCH3 is 2. The summed E-state index contributed by atoms with van der Waals surface area (Å²) in [6.07, 6.45) is 5.53. The van der Waals surface area contributed by atoms with E-state index in [1.54, 1.807) is 50.2 Å². The lowest BCUT2D eigenvalue weighted by molar-refractivity contribution is -0.125. The molecule has 78 heavy (non-hydrogen) atoms. The summed E-state index contributed by atoms with van der Waals surface area (Å²) in [4.78, 5) is 65.2. The predicted octanol–water partition coefficient (Wildman–Crippen LogP) is 7.16. The summed E-state index contributed by atoms with van der Waals surface area (Å²) in [5.74, 6) is -6.53. The molecule has 408 valence electrons. The molecule has 28 heteroatoms. The van der Waals surface area contributed by atoms with Gasteiger partial charge in [0.25, 0.3) is 31.2 Å². The maximum absolute atomic E-state index is 14.3. The fraction of sp³-hybridized carbons (Fsp3) is 0.200. The van der Waals surface area contributed by atoms with Crippen molar-refractivity contribution in [3.05, 3.63) is 152 Å². The molecule has 0 aliphatic rings. The Morgan fingerprint density at radius 2 is 0.936 bits per heavy atom. The van der Waals surface area contributed by atoms with Gasteiger partial charge in [-0.1, -0.05) is 49.2 Å². The fourth-order valence-electron chi connectivity index (χ4n) is 7.70. The molecule has 8 aromatic rings. The number of anilines is 2. The third-order valence-corrected chi connectivity index (χ3v) is 15.1. The highest BCUT2D eigenvalue weighted by atomic mass is 35.5. The highest BCUT2D eigenvalue weighted by molar-refractivity contribution is 7.93. The fourth-order valence-corrected chi connectivity index (χ4v) is 10.4. The molecular formula is C50H44Cl2F4N10O10S2. The molecule has 4 aromatic heterocycles. The number of aromatic nitrogens is 6. The zero-order valence-electron chi connectivity index (χ0n) is 41.7. The third kappa shape index (κ3) is 12.5. The summed E-state index contributed by atoms with van der Waals surface area (Å²) in [7, 11) is -3.61. The number of nitrogens with one attached hydrogen (secondary N) is 4. The van der Waals surface area contributed by atoms with E-state index in [-0.39, 0.29) is 69.9 Å². The molecule has 8 rings (SSSR count). The molecule has 20 nitrogen and oxygen atoms in total. The number of sulfonamides is 2. The molecule has 0 bridgehead atoms. The van der Waals surface area contributed by atoms with Gasteiger partial charge in [0.15, 0.2) is 0 Å². The molecule has 0 radical (unpaired) electrons. The van der Waals surface area contributed by atoms with Gasteiger partial charge < -0.3 is 20.1 Å². The minimum atomic E-state index is -4.57. The highest BCUT2D eigenvalue weighted by Crippen LogP contribution is 2.34. The maximum Gasteiger partial charge on any atom is 0.265 e. The van der Waals surface area contributed by atoms with Crippen molar-refractivity contribution in [2.24, 2.45) is 11.8 Å². The predicted molar refractivity (Wildman–Crippen MR) is 282 cm³/mol. The molecule has 0 saturated heterocycles. The van der Waals surface area contributed by atoms with Gasteiger partial charge in [0, 0.05) is 62.8 Å². The van der Waals surface area contributed by atoms with Gasteiger partial charge in [-0.05, 0) is 59.7 Å². The zero-order chi connectivity index (χ0) is 57.0. The number of amides is 2. The zero-order valence-corrected chi connectivity index (χ0v) is 44.8. The van der Waals surface area contributed by atoms with Crippen molar-refractivity contribution in [1.82, 2.24) is 39.7 Å². The Morgan fingerprint density at radius 3 is 1.28 bits per heavy atom. The monoisotopic (exact) mass is 1150 g/mol. The third-order valence-electron chi connectivity index (χ3n) is 11.8. The maximum atomic E-state index is 14.3. The summed E-state index contributed by atoms with van der Waals surface area (Å²) in [6, 6.07) is 14.5. The summed E-state index contributed by atoms with van der Waals surface area (Å²) < 4.78 is 125. The number of carbonyl (C=O) groups is 2. The first-order valence-corrected chi connectivity index (χ1v) is 26.5.